The normalized spacial score (nSPS) is 10.1. The summed E-state index contributed by atoms with van der Waals surface area (Å²) in [6.45, 7) is 0. The van der Waals surface area contributed by atoms with Gasteiger partial charge in [0, 0.05) is 17.8 Å². The van der Waals surface area contributed by atoms with Gasteiger partial charge in [0.25, 0.3) is 0 Å². The van der Waals surface area contributed by atoms with Crippen LogP contribution in [-0.4, -0.2) is 9.85 Å². The van der Waals surface area contributed by atoms with Crippen molar-refractivity contribution in [1.29, 1.82) is 0 Å². The predicted octanol–water partition coefficient (Wildman–Crippen LogP) is 3.90. The zero-order valence-electron chi connectivity index (χ0n) is 9.95. The van der Waals surface area contributed by atoms with Gasteiger partial charge in [-0.25, -0.2) is 0 Å². The fourth-order valence-electron chi connectivity index (χ4n) is 1.62. The minimum Gasteiger partial charge on any atom is -0.354 e. The van der Waals surface area contributed by atoms with Gasteiger partial charge < -0.3 is 5.32 Å². The van der Waals surface area contributed by atoms with Crippen molar-refractivity contribution in [3.05, 3.63) is 67.7 Å². The second kappa shape index (κ2) is 5.54. The van der Waals surface area contributed by atoms with Crippen molar-refractivity contribution < 1.29 is 9.85 Å². The summed E-state index contributed by atoms with van der Waals surface area (Å²) in [5, 5.41) is 24.9. The molecule has 0 aliphatic carbocycles. The van der Waals surface area contributed by atoms with E-state index in [-0.39, 0.29) is 0 Å². The molecule has 0 aromatic heterocycles. The Balaban J connectivity index is 2.40. The third-order valence-electron chi connectivity index (χ3n) is 2.52. The van der Waals surface area contributed by atoms with Crippen LogP contribution in [0, 0.1) is 20.2 Å². The first-order valence-electron chi connectivity index (χ1n) is 5.43. The van der Waals surface area contributed by atoms with Crippen LogP contribution in [0.4, 0.5) is 22.7 Å². The average Bonchev–Trinajstić information content (AvgIpc) is 2.41. The van der Waals surface area contributed by atoms with Crippen LogP contribution in [0.3, 0.4) is 0 Å². The lowest BCUT2D eigenvalue weighted by atomic mass is 10.2. The smallest absolute Gasteiger partial charge is 0.348 e. The summed E-state index contributed by atoms with van der Waals surface area (Å²) in [5.74, 6) is 0. The zero-order chi connectivity index (χ0) is 14.7. The van der Waals surface area contributed by atoms with Gasteiger partial charge in [-0.05, 0) is 18.2 Å². The van der Waals surface area contributed by atoms with Gasteiger partial charge in [0.15, 0.2) is 0 Å². The Labute approximate surface area is 118 Å². The number of nitrogens with zero attached hydrogens (tertiary/aromatic N) is 2. The SMILES string of the molecule is O=[N+]([O-])c1ccc(Nc2ccccc2Cl)cc1[N+](=O)[O-]. The summed E-state index contributed by atoms with van der Waals surface area (Å²) in [7, 11) is 0. The quantitative estimate of drug-likeness (QED) is 0.681. The molecule has 8 heteroatoms. The summed E-state index contributed by atoms with van der Waals surface area (Å²) in [5.41, 5.74) is -0.237. The Hall–Kier alpha value is -2.67. The summed E-state index contributed by atoms with van der Waals surface area (Å²) >= 11 is 5.95. The number of halogens is 1. The Bertz CT molecular complexity index is 690. The van der Waals surface area contributed by atoms with E-state index in [1.54, 1.807) is 24.3 Å². The van der Waals surface area contributed by atoms with Gasteiger partial charge in [-0.15, -0.1) is 0 Å². The van der Waals surface area contributed by atoms with Crippen molar-refractivity contribution in [3.63, 3.8) is 0 Å². The Kier molecular flexibility index (Phi) is 3.81. The fourth-order valence-corrected chi connectivity index (χ4v) is 1.80. The summed E-state index contributed by atoms with van der Waals surface area (Å²) in [4.78, 5) is 20.0. The molecule has 0 heterocycles. The summed E-state index contributed by atoms with van der Waals surface area (Å²) in [6, 6.07) is 10.4. The molecule has 0 unspecified atom stereocenters. The number of nitro benzene ring substituents is 2. The van der Waals surface area contributed by atoms with Crippen molar-refractivity contribution >= 4 is 34.4 Å². The topological polar surface area (TPSA) is 98.3 Å². The minimum absolute atomic E-state index is 0.343. The van der Waals surface area contributed by atoms with E-state index in [4.69, 9.17) is 11.6 Å². The van der Waals surface area contributed by atoms with Gasteiger partial charge in [-0.3, -0.25) is 20.2 Å². The van der Waals surface area contributed by atoms with Gasteiger partial charge in [-0.2, -0.15) is 0 Å². The zero-order valence-corrected chi connectivity index (χ0v) is 10.7. The highest BCUT2D eigenvalue weighted by Crippen LogP contribution is 2.32. The molecule has 0 aliphatic heterocycles. The molecule has 2 rings (SSSR count). The van der Waals surface area contributed by atoms with Gasteiger partial charge in [-0.1, -0.05) is 23.7 Å². The lowest BCUT2D eigenvalue weighted by Crippen LogP contribution is -1.98. The maximum atomic E-state index is 10.8. The average molecular weight is 294 g/mol. The van der Waals surface area contributed by atoms with Crippen LogP contribution >= 0.6 is 11.6 Å². The lowest BCUT2D eigenvalue weighted by Gasteiger charge is -2.07. The second-order valence-electron chi connectivity index (χ2n) is 3.82. The highest BCUT2D eigenvalue weighted by atomic mass is 35.5. The monoisotopic (exact) mass is 293 g/mol. The first-order chi connectivity index (χ1) is 9.49. The summed E-state index contributed by atoms with van der Waals surface area (Å²) in [6.07, 6.45) is 0. The van der Waals surface area contributed by atoms with Crippen molar-refractivity contribution in [2.45, 2.75) is 0 Å². The molecule has 0 amide bonds. The number of nitrogens with one attached hydrogen (secondary N) is 1. The van der Waals surface area contributed by atoms with Crippen molar-refractivity contribution in [1.82, 2.24) is 0 Å². The number of hydrogen-bond acceptors (Lipinski definition) is 5. The molecule has 0 fully saturated rings. The number of hydrogen-bond donors (Lipinski definition) is 1. The van der Waals surface area contributed by atoms with E-state index in [2.05, 4.69) is 5.32 Å². The van der Waals surface area contributed by atoms with Crippen molar-refractivity contribution in [2.24, 2.45) is 0 Å². The molecule has 0 spiro atoms. The van der Waals surface area contributed by atoms with Crippen LogP contribution in [0.5, 0.6) is 0 Å². The van der Waals surface area contributed by atoms with Crippen LogP contribution in [0.15, 0.2) is 42.5 Å². The second-order valence-corrected chi connectivity index (χ2v) is 4.23. The Morgan fingerprint density at radius 1 is 0.950 bits per heavy atom. The Morgan fingerprint density at radius 3 is 2.20 bits per heavy atom. The van der Waals surface area contributed by atoms with E-state index in [9.17, 15) is 20.2 Å². The van der Waals surface area contributed by atoms with Crippen LogP contribution in [-0.2, 0) is 0 Å². The van der Waals surface area contributed by atoms with E-state index in [0.717, 1.165) is 12.1 Å². The maximum absolute atomic E-state index is 10.8. The molecule has 7 nitrogen and oxygen atoms in total. The first kappa shape index (κ1) is 13.8. The predicted molar refractivity (Wildman–Crippen MR) is 74.5 cm³/mol. The molecule has 0 radical (unpaired) electrons. The summed E-state index contributed by atoms with van der Waals surface area (Å²) < 4.78 is 0. The standard InChI is InChI=1S/C12H8ClN3O4/c13-9-3-1-2-4-10(9)14-8-5-6-11(15(17)18)12(7-8)16(19)20/h1-7,14H. The van der Waals surface area contributed by atoms with Gasteiger partial charge >= 0.3 is 11.4 Å². The molecule has 2 aromatic carbocycles. The third kappa shape index (κ3) is 2.83. The van der Waals surface area contributed by atoms with E-state index in [1.807, 2.05) is 0 Å². The van der Waals surface area contributed by atoms with E-state index < -0.39 is 21.2 Å². The lowest BCUT2D eigenvalue weighted by molar-refractivity contribution is -0.422. The molecule has 0 bridgehead atoms. The number of para-hydroxylation sites is 1. The largest absolute Gasteiger partial charge is 0.354 e. The highest BCUT2D eigenvalue weighted by Gasteiger charge is 2.24. The van der Waals surface area contributed by atoms with Crippen LogP contribution in [0.25, 0.3) is 0 Å². The number of anilines is 2. The molecular weight excluding hydrogens is 286 g/mol. The van der Waals surface area contributed by atoms with Crippen molar-refractivity contribution in [3.8, 4) is 0 Å². The molecule has 0 atom stereocenters. The molecule has 102 valence electrons. The number of rotatable bonds is 4. The maximum Gasteiger partial charge on any atom is 0.348 e. The number of benzene rings is 2. The molecule has 0 saturated carbocycles. The van der Waals surface area contributed by atoms with Crippen LogP contribution in [0.2, 0.25) is 5.02 Å². The minimum atomic E-state index is -0.796. The Morgan fingerprint density at radius 2 is 1.60 bits per heavy atom. The molecule has 1 N–H and O–H groups in total. The fraction of sp³-hybridized carbons (Fsp3) is 0. The third-order valence-corrected chi connectivity index (χ3v) is 2.85. The van der Waals surface area contributed by atoms with Gasteiger partial charge in [0.2, 0.25) is 0 Å². The molecule has 0 aliphatic rings. The highest BCUT2D eigenvalue weighted by molar-refractivity contribution is 6.33. The molecular formula is C12H8ClN3O4. The van der Waals surface area contributed by atoms with Crippen molar-refractivity contribution in [2.75, 3.05) is 5.32 Å². The van der Waals surface area contributed by atoms with E-state index in [1.165, 1.54) is 6.07 Å². The number of nitro groups is 2. The molecule has 20 heavy (non-hydrogen) atoms. The van der Waals surface area contributed by atoms with E-state index >= 15 is 0 Å². The van der Waals surface area contributed by atoms with Gasteiger partial charge in [0.1, 0.15) is 0 Å². The van der Waals surface area contributed by atoms with Crippen LogP contribution < -0.4 is 5.32 Å². The van der Waals surface area contributed by atoms with E-state index in [0.29, 0.717) is 16.4 Å². The first-order valence-corrected chi connectivity index (χ1v) is 5.81. The molecule has 0 saturated heterocycles. The molecule has 2 aromatic rings. The van der Waals surface area contributed by atoms with Crippen LogP contribution in [0.1, 0.15) is 0 Å². The van der Waals surface area contributed by atoms with Gasteiger partial charge in [0.05, 0.1) is 20.6 Å².